The second-order valence-corrected chi connectivity index (χ2v) is 6.32. The molecule has 0 aromatic rings. The summed E-state index contributed by atoms with van der Waals surface area (Å²) in [6.45, 7) is 11.4. The van der Waals surface area contributed by atoms with Crippen molar-refractivity contribution < 1.29 is 0 Å². The van der Waals surface area contributed by atoms with E-state index in [0.29, 0.717) is 5.92 Å². The Morgan fingerprint density at radius 1 is 1.21 bits per heavy atom. The average molecular weight is 266 g/mol. The van der Waals surface area contributed by atoms with Crippen LogP contribution in [0.15, 0.2) is 4.99 Å². The third-order valence-electron chi connectivity index (χ3n) is 4.53. The lowest BCUT2D eigenvalue weighted by Crippen LogP contribution is -2.42. The summed E-state index contributed by atoms with van der Waals surface area (Å²) in [5.74, 6) is 2.34. The highest BCUT2D eigenvalue weighted by Crippen LogP contribution is 2.18. The number of hydrogen-bond donors (Lipinski definition) is 1. The molecule has 0 aromatic heterocycles. The Kier molecular flexibility index (Phi) is 5.49. The van der Waals surface area contributed by atoms with E-state index in [4.69, 9.17) is 5.73 Å². The van der Waals surface area contributed by atoms with Crippen molar-refractivity contribution in [2.24, 2.45) is 22.6 Å². The average Bonchev–Trinajstić information content (AvgIpc) is 2.85. The molecule has 2 aliphatic rings. The van der Waals surface area contributed by atoms with Gasteiger partial charge >= 0.3 is 0 Å². The maximum Gasteiger partial charge on any atom is 0.191 e. The van der Waals surface area contributed by atoms with Gasteiger partial charge in [0.05, 0.1) is 0 Å². The van der Waals surface area contributed by atoms with E-state index in [1.165, 1.54) is 45.3 Å². The van der Waals surface area contributed by atoms with E-state index < -0.39 is 0 Å². The minimum Gasteiger partial charge on any atom is -0.370 e. The molecule has 0 aromatic carbocycles. The summed E-state index contributed by atoms with van der Waals surface area (Å²) in [4.78, 5) is 9.46. The van der Waals surface area contributed by atoms with Gasteiger partial charge in [-0.2, -0.15) is 0 Å². The molecule has 0 amide bonds. The van der Waals surface area contributed by atoms with Crippen LogP contribution in [0.1, 0.15) is 39.5 Å². The monoisotopic (exact) mass is 266 g/mol. The molecule has 0 spiro atoms. The van der Waals surface area contributed by atoms with E-state index in [-0.39, 0.29) is 0 Å². The lowest BCUT2D eigenvalue weighted by atomic mass is 10.00. The SMILES string of the molecule is CCCN1CCC(CN=C(N)N2CCC(C)CC2)C1. The van der Waals surface area contributed by atoms with Crippen molar-refractivity contribution >= 4 is 5.96 Å². The van der Waals surface area contributed by atoms with Crippen molar-refractivity contribution in [2.75, 3.05) is 39.3 Å². The fourth-order valence-corrected chi connectivity index (χ4v) is 3.14. The first-order valence-corrected chi connectivity index (χ1v) is 7.96. The van der Waals surface area contributed by atoms with E-state index >= 15 is 0 Å². The van der Waals surface area contributed by atoms with Gasteiger partial charge in [0.25, 0.3) is 0 Å². The highest BCUT2D eigenvalue weighted by molar-refractivity contribution is 5.78. The van der Waals surface area contributed by atoms with Crippen LogP contribution in [0.3, 0.4) is 0 Å². The maximum absolute atomic E-state index is 6.13. The molecule has 1 atom stereocenters. The van der Waals surface area contributed by atoms with Crippen LogP contribution in [0, 0.1) is 11.8 Å². The molecule has 2 fully saturated rings. The number of rotatable bonds is 4. The van der Waals surface area contributed by atoms with Gasteiger partial charge < -0.3 is 15.5 Å². The molecule has 19 heavy (non-hydrogen) atoms. The van der Waals surface area contributed by atoms with Gasteiger partial charge in [-0.05, 0) is 50.6 Å². The summed E-state index contributed by atoms with van der Waals surface area (Å²) in [7, 11) is 0. The first kappa shape index (κ1) is 14.6. The van der Waals surface area contributed by atoms with Crippen LogP contribution >= 0.6 is 0 Å². The molecule has 2 rings (SSSR count). The summed E-state index contributed by atoms with van der Waals surface area (Å²) in [5, 5.41) is 0. The molecular formula is C15H30N4. The van der Waals surface area contributed by atoms with Crippen LogP contribution in [0.2, 0.25) is 0 Å². The Morgan fingerprint density at radius 3 is 2.63 bits per heavy atom. The number of aliphatic imine (C=N–C) groups is 1. The Bertz CT molecular complexity index is 295. The molecule has 4 heteroatoms. The van der Waals surface area contributed by atoms with Gasteiger partial charge in [-0.1, -0.05) is 13.8 Å². The zero-order valence-electron chi connectivity index (χ0n) is 12.6. The van der Waals surface area contributed by atoms with Crippen molar-refractivity contribution in [3.05, 3.63) is 0 Å². The van der Waals surface area contributed by atoms with Crippen molar-refractivity contribution in [1.82, 2.24) is 9.80 Å². The van der Waals surface area contributed by atoms with Gasteiger partial charge in [-0.25, -0.2) is 0 Å². The normalized spacial score (nSPS) is 27.2. The van der Waals surface area contributed by atoms with Crippen LogP contribution < -0.4 is 5.73 Å². The number of nitrogens with zero attached hydrogens (tertiary/aromatic N) is 3. The Balaban J connectivity index is 1.73. The molecule has 0 bridgehead atoms. The Labute approximate surface area is 118 Å². The van der Waals surface area contributed by atoms with Crippen molar-refractivity contribution in [2.45, 2.75) is 39.5 Å². The summed E-state index contributed by atoms with van der Waals surface area (Å²) < 4.78 is 0. The molecule has 2 saturated heterocycles. The first-order chi connectivity index (χ1) is 9.19. The first-order valence-electron chi connectivity index (χ1n) is 7.96. The van der Waals surface area contributed by atoms with Crippen molar-refractivity contribution in [3.63, 3.8) is 0 Å². The molecule has 0 radical (unpaired) electrons. The number of piperidine rings is 1. The molecule has 0 aliphatic carbocycles. The second-order valence-electron chi connectivity index (χ2n) is 6.32. The summed E-state index contributed by atoms with van der Waals surface area (Å²) >= 11 is 0. The van der Waals surface area contributed by atoms with E-state index in [1.807, 2.05) is 0 Å². The van der Waals surface area contributed by atoms with E-state index in [9.17, 15) is 0 Å². The van der Waals surface area contributed by atoms with Gasteiger partial charge in [-0.3, -0.25) is 4.99 Å². The summed E-state index contributed by atoms with van der Waals surface area (Å²) in [6.07, 6.45) is 5.05. The molecule has 2 aliphatic heterocycles. The lowest BCUT2D eigenvalue weighted by Gasteiger charge is -2.31. The van der Waals surface area contributed by atoms with Crippen molar-refractivity contribution in [3.8, 4) is 0 Å². The molecular weight excluding hydrogens is 236 g/mol. The zero-order chi connectivity index (χ0) is 13.7. The van der Waals surface area contributed by atoms with Crippen LogP contribution in [0.5, 0.6) is 0 Å². The lowest BCUT2D eigenvalue weighted by molar-refractivity contribution is 0.277. The van der Waals surface area contributed by atoms with Gasteiger partial charge in [0.2, 0.25) is 0 Å². The standard InChI is InChI=1S/C15H30N4/c1-3-7-18-8-6-14(12-18)11-17-15(16)19-9-4-13(2)5-10-19/h13-14H,3-12H2,1-2H3,(H2,16,17). The van der Waals surface area contributed by atoms with Crippen LogP contribution in [0.4, 0.5) is 0 Å². The highest BCUT2D eigenvalue weighted by atomic mass is 15.3. The number of likely N-dealkylation sites (tertiary alicyclic amines) is 2. The smallest absolute Gasteiger partial charge is 0.191 e. The third kappa shape index (κ3) is 4.37. The molecule has 4 nitrogen and oxygen atoms in total. The van der Waals surface area contributed by atoms with Gasteiger partial charge in [0.1, 0.15) is 0 Å². The van der Waals surface area contributed by atoms with Crippen LogP contribution in [-0.4, -0.2) is 55.0 Å². The third-order valence-corrected chi connectivity index (χ3v) is 4.53. The van der Waals surface area contributed by atoms with Gasteiger partial charge in [0.15, 0.2) is 5.96 Å². The molecule has 1 unspecified atom stereocenters. The number of nitrogens with two attached hydrogens (primary N) is 1. The predicted octanol–water partition coefficient (Wildman–Crippen LogP) is 1.76. The van der Waals surface area contributed by atoms with E-state index in [0.717, 1.165) is 31.5 Å². The maximum atomic E-state index is 6.13. The molecule has 110 valence electrons. The largest absolute Gasteiger partial charge is 0.370 e. The Hall–Kier alpha value is -0.770. The van der Waals surface area contributed by atoms with Crippen molar-refractivity contribution in [1.29, 1.82) is 0 Å². The quantitative estimate of drug-likeness (QED) is 0.623. The fraction of sp³-hybridized carbons (Fsp3) is 0.933. The van der Waals surface area contributed by atoms with Crippen LogP contribution in [-0.2, 0) is 0 Å². The Morgan fingerprint density at radius 2 is 1.95 bits per heavy atom. The number of hydrogen-bond acceptors (Lipinski definition) is 2. The topological polar surface area (TPSA) is 44.9 Å². The minimum atomic E-state index is 0.716. The number of guanidine groups is 1. The van der Waals surface area contributed by atoms with E-state index in [2.05, 4.69) is 28.6 Å². The molecule has 2 N–H and O–H groups in total. The van der Waals surface area contributed by atoms with Crippen LogP contribution in [0.25, 0.3) is 0 Å². The van der Waals surface area contributed by atoms with E-state index in [1.54, 1.807) is 0 Å². The predicted molar refractivity (Wildman–Crippen MR) is 81.3 cm³/mol. The van der Waals surface area contributed by atoms with Gasteiger partial charge in [0, 0.05) is 26.2 Å². The minimum absolute atomic E-state index is 0.716. The summed E-state index contributed by atoms with van der Waals surface area (Å²) in [6, 6.07) is 0. The molecule has 2 heterocycles. The fourth-order valence-electron chi connectivity index (χ4n) is 3.14. The summed E-state index contributed by atoms with van der Waals surface area (Å²) in [5.41, 5.74) is 6.13. The highest BCUT2D eigenvalue weighted by Gasteiger charge is 2.22. The zero-order valence-corrected chi connectivity index (χ0v) is 12.6. The second kappa shape index (κ2) is 7.13. The molecule has 0 saturated carbocycles. The van der Waals surface area contributed by atoms with Gasteiger partial charge in [-0.15, -0.1) is 0 Å².